The van der Waals surface area contributed by atoms with Crippen molar-refractivity contribution in [3.8, 4) is 0 Å². The maximum atomic E-state index is 10.9. The molecular weight excluding hydrogens is 206 g/mol. The van der Waals surface area contributed by atoms with Crippen LogP contribution in [0.1, 0.15) is 13.3 Å². The lowest BCUT2D eigenvalue weighted by Crippen LogP contribution is -2.45. The van der Waals surface area contributed by atoms with Crippen molar-refractivity contribution in [1.29, 1.82) is 0 Å². The van der Waals surface area contributed by atoms with E-state index in [0.717, 1.165) is 45.8 Å². The molecular formula is C11H21N3O2. The topological polar surface area (TPSA) is 53.6 Å². The van der Waals surface area contributed by atoms with Gasteiger partial charge in [-0.15, -0.1) is 0 Å². The van der Waals surface area contributed by atoms with Gasteiger partial charge in [0.15, 0.2) is 0 Å². The Bertz CT molecular complexity index is 241. The second kappa shape index (κ2) is 5.61. The number of morpholine rings is 1. The second-order valence-corrected chi connectivity index (χ2v) is 4.64. The van der Waals surface area contributed by atoms with Crippen LogP contribution in [0.4, 0.5) is 0 Å². The average molecular weight is 227 g/mol. The lowest BCUT2D eigenvalue weighted by atomic mass is 10.2. The van der Waals surface area contributed by atoms with E-state index in [0.29, 0.717) is 12.1 Å². The summed E-state index contributed by atoms with van der Waals surface area (Å²) in [4.78, 5) is 13.3. The minimum Gasteiger partial charge on any atom is -0.374 e. The number of carbonyl (C=O) groups is 1. The maximum absolute atomic E-state index is 10.9. The Labute approximate surface area is 96.5 Å². The number of rotatable bonds is 3. The first-order chi connectivity index (χ1) is 7.74. The van der Waals surface area contributed by atoms with Crippen LogP contribution >= 0.6 is 0 Å². The van der Waals surface area contributed by atoms with Crippen LogP contribution in [0.5, 0.6) is 0 Å². The zero-order valence-corrected chi connectivity index (χ0v) is 9.87. The number of carbonyl (C=O) groups excluding carboxylic acids is 1. The van der Waals surface area contributed by atoms with Crippen molar-refractivity contribution in [3.63, 3.8) is 0 Å². The molecule has 0 spiro atoms. The summed E-state index contributed by atoms with van der Waals surface area (Å²) < 4.78 is 5.66. The number of hydrogen-bond donors (Lipinski definition) is 2. The van der Waals surface area contributed by atoms with Gasteiger partial charge < -0.3 is 15.4 Å². The van der Waals surface area contributed by atoms with Gasteiger partial charge in [-0.1, -0.05) is 0 Å². The molecule has 2 unspecified atom stereocenters. The highest BCUT2D eigenvalue weighted by atomic mass is 16.5. The first kappa shape index (κ1) is 11.8. The third-order valence-electron chi connectivity index (χ3n) is 3.15. The van der Waals surface area contributed by atoms with Gasteiger partial charge in [0.2, 0.25) is 5.91 Å². The van der Waals surface area contributed by atoms with E-state index in [1.165, 1.54) is 0 Å². The van der Waals surface area contributed by atoms with Crippen molar-refractivity contribution < 1.29 is 9.53 Å². The number of likely N-dealkylation sites (tertiary alicyclic amines) is 1. The molecule has 0 aromatic rings. The Balaban J connectivity index is 1.69. The number of amides is 1. The standard InChI is InChI=1S/C11H21N3O2/c1-9(15)13-10-2-4-14(7-10)8-11-6-12-3-5-16-11/h10-12H,2-8H2,1H3,(H,13,15). The zero-order valence-electron chi connectivity index (χ0n) is 9.87. The van der Waals surface area contributed by atoms with E-state index in [1.807, 2.05) is 0 Å². The van der Waals surface area contributed by atoms with Gasteiger partial charge in [0.1, 0.15) is 0 Å². The molecule has 2 N–H and O–H groups in total. The Hall–Kier alpha value is -0.650. The van der Waals surface area contributed by atoms with Gasteiger partial charge in [0, 0.05) is 45.7 Å². The smallest absolute Gasteiger partial charge is 0.217 e. The van der Waals surface area contributed by atoms with E-state index in [2.05, 4.69) is 15.5 Å². The van der Waals surface area contributed by atoms with Crippen LogP contribution < -0.4 is 10.6 Å². The molecule has 92 valence electrons. The van der Waals surface area contributed by atoms with Crippen molar-refractivity contribution in [2.75, 3.05) is 39.3 Å². The first-order valence-corrected chi connectivity index (χ1v) is 6.06. The lowest BCUT2D eigenvalue weighted by Gasteiger charge is -2.27. The van der Waals surface area contributed by atoms with Gasteiger partial charge in [-0.25, -0.2) is 0 Å². The Morgan fingerprint density at radius 1 is 1.62 bits per heavy atom. The van der Waals surface area contributed by atoms with Gasteiger partial charge in [-0.05, 0) is 6.42 Å². The summed E-state index contributed by atoms with van der Waals surface area (Å²) >= 11 is 0. The Morgan fingerprint density at radius 3 is 3.19 bits per heavy atom. The fourth-order valence-corrected chi connectivity index (χ4v) is 2.43. The van der Waals surface area contributed by atoms with Gasteiger partial charge in [-0.3, -0.25) is 9.69 Å². The van der Waals surface area contributed by atoms with Gasteiger partial charge in [0.25, 0.3) is 0 Å². The molecule has 2 fully saturated rings. The summed E-state index contributed by atoms with van der Waals surface area (Å²) in [6, 6.07) is 0.328. The van der Waals surface area contributed by atoms with Gasteiger partial charge >= 0.3 is 0 Å². The molecule has 0 aromatic heterocycles. The highest BCUT2D eigenvalue weighted by molar-refractivity contribution is 5.73. The quantitative estimate of drug-likeness (QED) is 0.662. The van der Waals surface area contributed by atoms with Crippen molar-refractivity contribution in [2.45, 2.75) is 25.5 Å². The summed E-state index contributed by atoms with van der Waals surface area (Å²) in [7, 11) is 0. The van der Waals surface area contributed by atoms with Crippen LogP contribution in [-0.4, -0.2) is 62.3 Å². The van der Waals surface area contributed by atoms with Crippen LogP contribution in [0, 0.1) is 0 Å². The molecule has 2 heterocycles. The third kappa shape index (κ3) is 3.43. The van der Waals surface area contributed by atoms with Crippen molar-refractivity contribution >= 4 is 5.91 Å². The molecule has 2 rings (SSSR count). The van der Waals surface area contributed by atoms with Crippen LogP contribution in [0.25, 0.3) is 0 Å². The predicted molar refractivity (Wildman–Crippen MR) is 61.3 cm³/mol. The molecule has 0 radical (unpaired) electrons. The van der Waals surface area contributed by atoms with Crippen molar-refractivity contribution in [3.05, 3.63) is 0 Å². The minimum absolute atomic E-state index is 0.0717. The molecule has 5 heteroatoms. The van der Waals surface area contributed by atoms with Gasteiger partial charge in [-0.2, -0.15) is 0 Å². The fraction of sp³-hybridized carbons (Fsp3) is 0.909. The molecule has 5 nitrogen and oxygen atoms in total. The average Bonchev–Trinajstić information content (AvgIpc) is 2.66. The van der Waals surface area contributed by atoms with Crippen molar-refractivity contribution in [2.24, 2.45) is 0 Å². The third-order valence-corrected chi connectivity index (χ3v) is 3.15. The minimum atomic E-state index is 0.0717. The number of ether oxygens (including phenoxy) is 1. The molecule has 0 aliphatic carbocycles. The first-order valence-electron chi connectivity index (χ1n) is 6.06. The molecule has 0 saturated carbocycles. The van der Waals surface area contributed by atoms with Crippen molar-refractivity contribution in [1.82, 2.24) is 15.5 Å². The molecule has 2 aliphatic rings. The summed E-state index contributed by atoms with van der Waals surface area (Å²) in [5.74, 6) is 0.0717. The normalized spacial score (nSPS) is 31.6. The summed E-state index contributed by atoms with van der Waals surface area (Å²) in [5, 5.41) is 6.30. The summed E-state index contributed by atoms with van der Waals surface area (Å²) in [6.45, 7) is 7.30. The van der Waals surface area contributed by atoms with Crippen LogP contribution in [0.15, 0.2) is 0 Å². The molecule has 2 aliphatic heterocycles. The van der Waals surface area contributed by atoms with Crippen LogP contribution in [0.2, 0.25) is 0 Å². The Morgan fingerprint density at radius 2 is 2.50 bits per heavy atom. The van der Waals surface area contributed by atoms with Crippen LogP contribution in [0.3, 0.4) is 0 Å². The fourth-order valence-electron chi connectivity index (χ4n) is 2.43. The van der Waals surface area contributed by atoms with E-state index < -0.39 is 0 Å². The molecule has 0 aromatic carbocycles. The highest BCUT2D eigenvalue weighted by Gasteiger charge is 2.25. The van der Waals surface area contributed by atoms with E-state index >= 15 is 0 Å². The highest BCUT2D eigenvalue weighted by Crippen LogP contribution is 2.11. The number of nitrogens with zero attached hydrogens (tertiary/aromatic N) is 1. The largest absolute Gasteiger partial charge is 0.374 e. The molecule has 0 bridgehead atoms. The predicted octanol–water partition coefficient (Wildman–Crippen LogP) is -0.815. The summed E-state index contributed by atoms with van der Waals surface area (Å²) in [6.07, 6.45) is 1.37. The lowest BCUT2D eigenvalue weighted by molar-refractivity contribution is -0.119. The zero-order chi connectivity index (χ0) is 11.4. The number of hydrogen-bond acceptors (Lipinski definition) is 4. The number of nitrogens with one attached hydrogen (secondary N) is 2. The molecule has 16 heavy (non-hydrogen) atoms. The van der Waals surface area contributed by atoms with E-state index in [9.17, 15) is 4.79 Å². The maximum Gasteiger partial charge on any atom is 0.217 e. The van der Waals surface area contributed by atoms with Gasteiger partial charge in [0.05, 0.1) is 12.7 Å². The SMILES string of the molecule is CC(=O)NC1CCN(CC2CNCCO2)C1. The summed E-state index contributed by atoms with van der Waals surface area (Å²) in [5.41, 5.74) is 0. The molecule has 1 amide bonds. The van der Waals surface area contributed by atoms with E-state index in [4.69, 9.17) is 4.74 Å². The molecule has 2 atom stereocenters. The Kier molecular flexibility index (Phi) is 4.15. The van der Waals surface area contributed by atoms with E-state index in [-0.39, 0.29) is 5.91 Å². The molecule has 2 saturated heterocycles. The second-order valence-electron chi connectivity index (χ2n) is 4.64. The van der Waals surface area contributed by atoms with Crippen LogP contribution in [-0.2, 0) is 9.53 Å². The van der Waals surface area contributed by atoms with E-state index in [1.54, 1.807) is 6.92 Å². The monoisotopic (exact) mass is 227 g/mol.